The summed E-state index contributed by atoms with van der Waals surface area (Å²) in [5.41, 5.74) is 1.63. The molecule has 2 aliphatic rings. The molecule has 4 nitrogen and oxygen atoms in total. The second kappa shape index (κ2) is 4.66. The number of nitrogens with one attached hydrogen (secondary N) is 1. The van der Waals surface area contributed by atoms with Crippen molar-refractivity contribution in [2.75, 3.05) is 0 Å². The van der Waals surface area contributed by atoms with Crippen LogP contribution in [0.5, 0.6) is 0 Å². The zero-order valence-electron chi connectivity index (χ0n) is 12.0. The van der Waals surface area contributed by atoms with Gasteiger partial charge in [-0.2, -0.15) is 5.10 Å². The molecule has 4 atom stereocenters. The Kier molecular flexibility index (Phi) is 3.11. The molecule has 1 aromatic heterocycles. The van der Waals surface area contributed by atoms with Crippen LogP contribution in [0.3, 0.4) is 0 Å². The molecule has 1 N–H and O–H groups in total. The van der Waals surface area contributed by atoms with Gasteiger partial charge in [0.15, 0.2) is 0 Å². The number of fused-ring (bicyclic) bond motifs is 2. The molecule has 4 heteroatoms. The first kappa shape index (κ1) is 12.7. The largest absolute Gasteiger partial charge is 0.349 e. The van der Waals surface area contributed by atoms with E-state index in [0.29, 0.717) is 11.5 Å². The van der Waals surface area contributed by atoms with Crippen molar-refractivity contribution < 1.29 is 4.79 Å². The number of hydrogen-bond donors (Lipinski definition) is 1. The predicted octanol–water partition coefficient (Wildman–Crippen LogP) is 2.28. The molecule has 0 saturated heterocycles. The van der Waals surface area contributed by atoms with Crippen molar-refractivity contribution in [2.45, 2.75) is 45.6 Å². The number of rotatable bonds is 3. The summed E-state index contributed by atoms with van der Waals surface area (Å²) in [4.78, 5) is 12.3. The molecular formula is C15H23N3O. The molecule has 0 spiro atoms. The number of hydrogen-bond acceptors (Lipinski definition) is 2. The van der Waals surface area contributed by atoms with E-state index in [1.807, 2.05) is 14.0 Å². The molecule has 1 amide bonds. The Labute approximate surface area is 114 Å². The minimum absolute atomic E-state index is 0.0286. The van der Waals surface area contributed by atoms with Gasteiger partial charge in [-0.1, -0.05) is 6.42 Å². The van der Waals surface area contributed by atoms with Crippen molar-refractivity contribution in [1.82, 2.24) is 15.1 Å². The molecule has 2 aliphatic carbocycles. The van der Waals surface area contributed by atoms with Crippen LogP contribution in [0.4, 0.5) is 0 Å². The van der Waals surface area contributed by atoms with E-state index < -0.39 is 0 Å². The van der Waals surface area contributed by atoms with Crippen LogP contribution in [0.2, 0.25) is 0 Å². The van der Waals surface area contributed by atoms with Gasteiger partial charge in [0.05, 0.1) is 11.8 Å². The van der Waals surface area contributed by atoms with Crippen molar-refractivity contribution in [3.8, 4) is 0 Å². The van der Waals surface area contributed by atoms with Crippen LogP contribution in [0.25, 0.3) is 0 Å². The molecule has 19 heavy (non-hydrogen) atoms. The average Bonchev–Trinajstić information content (AvgIpc) is 3.06. The lowest BCUT2D eigenvalue weighted by molar-refractivity contribution is 0.0914. The van der Waals surface area contributed by atoms with Crippen LogP contribution in [0.15, 0.2) is 6.20 Å². The first-order chi connectivity index (χ1) is 9.06. The SMILES string of the molecule is Cc1c(C(=O)N[C@H](C)[C@H]2C[C@H]3CC[C@H]2C3)cnn1C. The summed E-state index contributed by atoms with van der Waals surface area (Å²) < 4.78 is 1.75. The minimum atomic E-state index is 0.0286. The highest BCUT2D eigenvalue weighted by Gasteiger charge is 2.42. The van der Waals surface area contributed by atoms with Gasteiger partial charge in [-0.05, 0) is 50.9 Å². The van der Waals surface area contributed by atoms with Crippen molar-refractivity contribution in [1.29, 1.82) is 0 Å². The quantitative estimate of drug-likeness (QED) is 0.907. The summed E-state index contributed by atoms with van der Waals surface area (Å²) in [7, 11) is 1.87. The zero-order valence-corrected chi connectivity index (χ0v) is 12.0. The fraction of sp³-hybridized carbons (Fsp3) is 0.733. The van der Waals surface area contributed by atoms with E-state index in [0.717, 1.165) is 17.5 Å². The highest BCUT2D eigenvalue weighted by Crippen LogP contribution is 2.49. The lowest BCUT2D eigenvalue weighted by atomic mass is 9.84. The zero-order chi connectivity index (χ0) is 13.6. The van der Waals surface area contributed by atoms with E-state index in [1.165, 1.54) is 25.7 Å². The van der Waals surface area contributed by atoms with Crippen LogP contribution in [0.1, 0.15) is 48.7 Å². The summed E-state index contributed by atoms with van der Waals surface area (Å²) in [5, 5.41) is 7.32. The smallest absolute Gasteiger partial charge is 0.254 e. The third-order valence-corrected chi connectivity index (χ3v) is 5.27. The summed E-state index contributed by atoms with van der Waals surface area (Å²) in [6, 6.07) is 0.280. The average molecular weight is 261 g/mol. The number of aryl methyl sites for hydroxylation is 1. The van der Waals surface area contributed by atoms with Crippen LogP contribution in [0, 0.1) is 24.7 Å². The Bertz CT molecular complexity index is 494. The van der Waals surface area contributed by atoms with Gasteiger partial charge in [0.2, 0.25) is 0 Å². The molecule has 0 aromatic carbocycles. The second-order valence-corrected chi connectivity index (χ2v) is 6.37. The third kappa shape index (κ3) is 2.17. The Hall–Kier alpha value is -1.32. The first-order valence-electron chi connectivity index (χ1n) is 7.35. The van der Waals surface area contributed by atoms with Gasteiger partial charge >= 0.3 is 0 Å². The Morgan fingerprint density at radius 2 is 2.26 bits per heavy atom. The fourth-order valence-corrected chi connectivity index (χ4v) is 4.02. The van der Waals surface area contributed by atoms with Gasteiger partial charge in [0.1, 0.15) is 0 Å². The van der Waals surface area contributed by atoms with Crippen molar-refractivity contribution in [3.63, 3.8) is 0 Å². The summed E-state index contributed by atoms with van der Waals surface area (Å²) in [6.45, 7) is 4.10. The van der Waals surface area contributed by atoms with E-state index in [1.54, 1.807) is 10.9 Å². The number of aromatic nitrogens is 2. The molecule has 0 aliphatic heterocycles. The molecule has 2 bridgehead atoms. The number of carbonyl (C=O) groups is 1. The maximum absolute atomic E-state index is 12.3. The lowest BCUT2D eigenvalue weighted by Gasteiger charge is -2.28. The Morgan fingerprint density at radius 1 is 1.47 bits per heavy atom. The second-order valence-electron chi connectivity index (χ2n) is 6.37. The number of amides is 1. The van der Waals surface area contributed by atoms with Gasteiger partial charge < -0.3 is 5.32 Å². The monoisotopic (exact) mass is 261 g/mol. The Morgan fingerprint density at radius 3 is 2.79 bits per heavy atom. The van der Waals surface area contributed by atoms with Crippen LogP contribution in [-0.2, 0) is 7.05 Å². The molecule has 0 radical (unpaired) electrons. The first-order valence-corrected chi connectivity index (χ1v) is 7.35. The van der Waals surface area contributed by atoms with E-state index >= 15 is 0 Å². The van der Waals surface area contributed by atoms with Crippen LogP contribution < -0.4 is 5.32 Å². The summed E-state index contributed by atoms with van der Waals surface area (Å²) in [5.74, 6) is 2.48. The van der Waals surface area contributed by atoms with Gasteiger partial charge in [0, 0.05) is 18.8 Å². The number of carbonyl (C=O) groups excluding carboxylic acids is 1. The van der Waals surface area contributed by atoms with E-state index in [9.17, 15) is 4.79 Å². The van der Waals surface area contributed by atoms with Gasteiger partial charge in [-0.15, -0.1) is 0 Å². The van der Waals surface area contributed by atoms with E-state index in [2.05, 4.69) is 17.3 Å². The molecule has 1 aromatic rings. The minimum Gasteiger partial charge on any atom is -0.349 e. The maximum atomic E-state index is 12.3. The normalized spacial score (nSPS) is 30.6. The van der Waals surface area contributed by atoms with E-state index in [-0.39, 0.29) is 11.9 Å². The molecule has 1 heterocycles. The van der Waals surface area contributed by atoms with Crippen molar-refractivity contribution in [2.24, 2.45) is 24.8 Å². The van der Waals surface area contributed by atoms with Crippen LogP contribution in [-0.4, -0.2) is 21.7 Å². The molecule has 0 unspecified atom stereocenters. The van der Waals surface area contributed by atoms with Gasteiger partial charge in [-0.25, -0.2) is 0 Å². The van der Waals surface area contributed by atoms with Gasteiger partial charge in [0.25, 0.3) is 5.91 Å². The van der Waals surface area contributed by atoms with Crippen molar-refractivity contribution in [3.05, 3.63) is 17.5 Å². The molecule has 2 fully saturated rings. The fourth-order valence-electron chi connectivity index (χ4n) is 4.02. The Balaban J connectivity index is 1.65. The number of nitrogens with zero attached hydrogens (tertiary/aromatic N) is 2. The van der Waals surface area contributed by atoms with E-state index in [4.69, 9.17) is 0 Å². The molecule has 3 rings (SSSR count). The highest BCUT2D eigenvalue weighted by molar-refractivity contribution is 5.95. The standard InChI is InChI=1S/C15H23N3O/c1-9(13-7-11-4-5-12(13)6-11)17-15(19)14-8-16-18(3)10(14)2/h8-9,11-13H,4-7H2,1-3H3,(H,17,19)/t9-,11+,12+,13-/m1/s1. The lowest BCUT2D eigenvalue weighted by Crippen LogP contribution is -2.40. The maximum Gasteiger partial charge on any atom is 0.254 e. The van der Waals surface area contributed by atoms with Crippen molar-refractivity contribution >= 4 is 5.91 Å². The third-order valence-electron chi connectivity index (χ3n) is 5.27. The highest BCUT2D eigenvalue weighted by atomic mass is 16.1. The molecule has 104 valence electrons. The summed E-state index contributed by atoms with van der Waals surface area (Å²) >= 11 is 0. The molecule has 2 saturated carbocycles. The predicted molar refractivity (Wildman–Crippen MR) is 73.8 cm³/mol. The van der Waals surface area contributed by atoms with Crippen LogP contribution >= 0.6 is 0 Å². The van der Waals surface area contributed by atoms with Gasteiger partial charge in [-0.3, -0.25) is 9.48 Å². The molecular weight excluding hydrogens is 238 g/mol. The summed E-state index contributed by atoms with van der Waals surface area (Å²) in [6.07, 6.45) is 7.12. The topological polar surface area (TPSA) is 46.9 Å².